The number of hydrogen-bond donors (Lipinski definition) is 0. The van der Waals surface area contributed by atoms with Crippen LogP contribution in [0.25, 0.3) is 0 Å². The number of esters is 1. The maximum absolute atomic E-state index is 11.0. The van der Waals surface area contributed by atoms with Crippen LogP contribution in [0.2, 0.25) is 0 Å². The Bertz CT molecular complexity index is 161. The molecule has 70 valence electrons. The van der Waals surface area contributed by atoms with Crippen LogP contribution in [0.1, 0.15) is 40.0 Å². The molecule has 0 aromatic rings. The molecule has 1 heterocycles. The van der Waals surface area contributed by atoms with Gasteiger partial charge in [-0.15, -0.1) is 0 Å². The van der Waals surface area contributed by atoms with Gasteiger partial charge < -0.3 is 4.74 Å². The van der Waals surface area contributed by atoms with Crippen molar-refractivity contribution in [1.29, 1.82) is 0 Å². The maximum Gasteiger partial charge on any atom is 0.306 e. The second-order valence-electron chi connectivity index (χ2n) is 4.29. The van der Waals surface area contributed by atoms with Crippen molar-refractivity contribution in [3.63, 3.8) is 0 Å². The lowest BCUT2D eigenvalue weighted by Crippen LogP contribution is -2.29. The summed E-state index contributed by atoms with van der Waals surface area (Å²) in [6.45, 7) is 6.44. The molecule has 0 unspecified atom stereocenters. The lowest BCUT2D eigenvalue weighted by Gasteiger charge is -2.27. The van der Waals surface area contributed by atoms with Crippen molar-refractivity contribution in [3.05, 3.63) is 0 Å². The molecule has 0 aromatic carbocycles. The molecule has 1 aliphatic heterocycles. The largest absolute Gasteiger partial charge is 0.462 e. The highest BCUT2D eigenvalue weighted by Crippen LogP contribution is 2.24. The molecular weight excluding hydrogens is 152 g/mol. The summed E-state index contributed by atoms with van der Waals surface area (Å²) in [5.41, 5.74) is 0. The predicted octanol–water partition coefficient (Wildman–Crippen LogP) is 2.37. The highest BCUT2D eigenvalue weighted by Gasteiger charge is 2.25. The fourth-order valence-corrected chi connectivity index (χ4v) is 1.77. The molecule has 0 saturated carbocycles. The minimum atomic E-state index is -0.0144. The van der Waals surface area contributed by atoms with Crippen LogP contribution in [0, 0.1) is 11.8 Å². The van der Waals surface area contributed by atoms with Gasteiger partial charge in [0, 0.05) is 6.42 Å². The Morgan fingerprint density at radius 1 is 1.58 bits per heavy atom. The number of rotatable bonds is 2. The standard InChI is InChI=1S/C10H18O2/c1-7(2)4-9-5-8(3)6-10(11)12-9/h7-9H,4-6H2,1-3H3/t8-,9+/m1/s1. The molecule has 1 aliphatic rings. The van der Waals surface area contributed by atoms with E-state index in [0.717, 1.165) is 12.8 Å². The minimum absolute atomic E-state index is 0.0144. The smallest absolute Gasteiger partial charge is 0.306 e. The summed E-state index contributed by atoms with van der Waals surface area (Å²) < 4.78 is 5.23. The topological polar surface area (TPSA) is 26.3 Å². The third-order valence-electron chi connectivity index (χ3n) is 2.21. The molecule has 0 aliphatic carbocycles. The van der Waals surface area contributed by atoms with E-state index in [9.17, 15) is 4.79 Å². The zero-order valence-corrected chi connectivity index (χ0v) is 8.17. The van der Waals surface area contributed by atoms with Crippen LogP contribution in [0.3, 0.4) is 0 Å². The Hall–Kier alpha value is -0.530. The SMILES string of the molecule is CC(C)C[C@H]1C[C@@H](C)CC(=O)O1. The van der Waals surface area contributed by atoms with Crippen LogP contribution in [0.5, 0.6) is 0 Å². The lowest BCUT2D eigenvalue weighted by atomic mass is 9.92. The Balaban J connectivity index is 2.39. The fraction of sp³-hybridized carbons (Fsp3) is 0.900. The van der Waals surface area contributed by atoms with Crippen LogP contribution >= 0.6 is 0 Å². The van der Waals surface area contributed by atoms with E-state index in [4.69, 9.17) is 4.74 Å². The quantitative estimate of drug-likeness (QED) is 0.595. The van der Waals surface area contributed by atoms with Gasteiger partial charge in [0.1, 0.15) is 6.10 Å². The summed E-state index contributed by atoms with van der Waals surface area (Å²) in [7, 11) is 0. The number of carbonyl (C=O) groups excluding carboxylic acids is 1. The van der Waals surface area contributed by atoms with Gasteiger partial charge in [0.25, 0.3) is 0 Å². The molecule has 1 saturated heterocycles. The number of carbonyl (C=O) groups is 1. The van der Waals surface area contributed by atoms with E-state index >= 15 is 0 Å². The molecule has 1 rings (SSSR count). The molecule has 0 N–H and O–H groups in total. The van der Waals surface area contributed by atoms with E-state index in [-0.39, 0.29) is 12.1 Å². The van der Waals surface area contributed by atoms with Gasteiger partial charge in [-0.3, -0.25) is 4.79 Å². The summed E-state index contributed by atoms with van der Waals surface area (Å²) in [6, 6.07) is 0. The molecule has 1 fully saturated rings. The van der Waals surface area contributed by atoms with Crippen LogP contribution < -0.4 is 0 Å². The van der Waals surface area contributed by atoms with Gasteiger partial charge in [0.15, 0.2) is 0 Å². The maximum atomic E-state index is 11.0. The van der Waals surface area contributed by atoms with Crippen molar-refractivity contribution >= 4 is 5.97 Å². The first-order valence-corrected chi connectivity index (χ1v) is 4.77. The molecule has 0 amide bonds. The molecule has 0 radical (unpaired) electrons. The van der Waals surface area contributed by atoms with Crippen molar-refractivity contribution < 1.29 is 9.53 Å². The highest BCUT2D eigenvalue weighted by molar-refractivity contribution is 5.70. The molecule has 0 bridgehead atoms. The van der Waals surface area contributed by atoms with Crippen LogP contribution in [0.15, 0.2) is 0 Å². The highest BCUT2D eigenvalue weighted by atomic mass is 16.5. The van der Waals surface area contributed by atoms with Crippen molar-refractivity contribution in [2.45, 2.75) is 46.1 Å². The molecule has 12 heavy (non-hydrogen) atoms. The Kier molecular flexibility index (Phi) is 3.12. The molecule has 2 atom stereocenters. The van der Waals surface area contributed by atoms with Crippen molar-refractivity contribution in [2.24, 2.45) is 11.8 Å². The third-order valence-corrected chi connectivity index (χ3v) is 2.21. The zero-order valence-electron chi connectivity index (χ0n) is 8.17. The van der Waals surface area contributed by atoms with Crippen molar-refractivity contribution in [2.75, 3.05) is 0 Å². The monoisotopic (exact) mass is 170 g/mol. The summed E-state index contributed by atoms with van der Waals surface area (Å²) >= 11 is 0. The number of cyclic esters (lactones) is 1. The first kappa shape index (κ1) is 9.56. The van der Waals surface area contributed by atoms with E-state index in [0.29, 0.717) is 18.3 Å². The van der Waals surface area contributed by atoms with Crippen molar-refractivity contribution in [3.8, 4) is 0 Å². The van der Waals surface area contributed by atoms with Crippen LogP contribution in [-0.4, -0.2) is 12.1 Å². The first-order chi connectivity index (χ1) is 5.58. The second-order valence-corrected chi connectivity index (χ2v) is 4.29. The average molecular weight is 170 g/mol. The van der Waals surface area contributed by atoms with E-state index in [1.165, 1.54) is 0 Å². The van der Waals surface area contributed by atoms with Crippen molar-refractivity contribution in [1.82, 2.24) is 0 Å². The average Bonchev–Trinajstić information content (AvgIpc) is 1.81. The summed E-state index contributed by atoms with van der Waals surface area (Å²) in [4.78, 5) is 11.0. The molecular formula is C10H18O2. The van der Waals surface area contributed by atoms with Crippen LogP contribution in [0.4, 0.5) is 0 Å². The molecule has 2 nitrogen and oxygen atoms in total. The first-order valence-electron chi connectivity index (χ1n) is 4.77. The molecule has 2 heteroatoms. The Morgan fingerprint density at radius 2 is 2.25 bits per heavy atom. The third kappa shape index (κ3) is 2.84. The Morgan fingerprint density at radius 3 is 2.75 bits per heavy atom. The van der Waals surface area contributed by atoms with Gasteiger partial charge in [-0.05, 0) is 24.7 Å². The molecule has 0 aromatic heterocycles. The van der Waals surface area contributed by atoms with Gasteiger partial charge >= 0.3 is 5.97 Å². The van der Waals surface area contributed by atoms with Gasteiger partial charge in [-0.1, -0.05) is 20.8 Å². The van der Waals surface area contributed by atoms with Crippen LogP contribution in [-0.2, 0) is 9.53 Å². The molecule has 0 spiro atoms. The van der Waals surface area contributed by atoms with Gasteiger partial charge in [-0.2, -0.15) is 0 Å². The van der Waals surface area contributed by atoms with Gasteiger partial charge in [0.05, 0.1) is 0 Å². The summed E-state index contributed by atoms with van der Waals surface area (Å²) in [5.74, 6) is 1.11. The minimum Gasteiger partial charge on any atom is -0.462 e. The van der Waals surface area contributed by atoms with Gasteiger partial charge in [-0.25, -0.2) is 0 Å². The van der Waals surface area contributed by atoms with E-state index in [1.807, 2.05) is 0 Å². The summed E-state index contributed by atoms with van der Waals surface area (Å²) in [5, 5.41) is 0. The van der Waals surface area contributed by atoms with E-state index < -0.39 is 0 Å². The lowest BCUT2D eigenvalue weighted by molar-refractivity contribution is -0.157. The summed E-state index contributed by atoms with van der Waals surface area (Å²) in [6.07, 6.45) is 2.84. The second kappa shape index (κ2) is 3.92. The predicted molar refractivity (Wildman–Crippen MR) is 47.7 cm³/mol. The van der Waals surface area contributed by atoms with Gasteiger partial charge in [0.2, 0.25) is 0 Å². The van der Waals surface area contributed by atoms with E-state index in [1.54, 1.807) is 0 Å². The Labute approximate surface area is 74.3 Å². The number of ether oxygens (including phenoxy) is 1. The fourth-order valence-electron chi connectivity index (χ4n) is 1.77. The zero-order chi connectivity index (χ0) is 9.14. The normalized spacial score (nSPS) is 30.5. The number of hydrogen-bond acceptors (Lipinski definition) is 2. The van der Waals surface area contributed by atoms with E-state index in [2.05, 4.69) is 20.8 Å².